The number of amides is 2. The van der Waals surface area contributed by atoms with E-state index in [1.165, 1.54) is 4.90 Å². The summed E-state index contributed by atoms with van der Waals surface area (Å²) < 4.78 is 0. The second kappa shape index (κ2) is 6.55. The Morgan fingerprint density at radius 3 is 2.20 bits per heavy atom. The van der Waals surface area contributed by atoms with Crippen molar-refractivity contribution in [2.75, 3.05) is 5.32 Å². The molecule has 0 atom stereocenters. The van der Waals surface area contributed by atoms with E-state index in [1.54, 1.807) is 0 Å². The van der Waals surface area contributed by atoms with Gasteiger partial charge in [0.05, 0.1) is 5.57 Å². The Hall–Kier alpha value is -2.88. The molecule has 2 aromatic carbocycles. The van der Waals surface area contributed by atoms with Gasteiger partial charge in [0.2, 0.25) is 0 Å². The molecular weight excluding hydrogens is 312 g/mol. The van der Waals surface area contributed by atoms with Crippen molar-refractivity contribution in [2.24, 2.45) is 0 Å². The highest BCUT2D eigenvalue weighted by molar-refractivity contribution is 6.36. The number of carbonyl (C=O) groups excluding carboxylic acids is 2. The van der Waals surface area contributed by atoms with Crippen molar-refractivity contribution in [1.82, 2.24) is 4.90 Å². The fraction of sp³-hybridized carbons (Fsp3) is 0.238. The Labute approximate surface area is 148 Å². The van der Waals surface area contributed by atoms with Gasteiger partial charge in [-0.1, -0.05) is 42.0 Å². The molecule has 3 rings (SSSR count). The zero-order valence-corrected chi connectivity index (χ0v) is 15.0. The molecule has 0 bridgehead atoms. The van der Waals surface area contributed by atoms with Crippen LogP contribution in [0.25, 0.3) is 5.57 Å². The lowest BCUT2D eigenvalue weighted by atomic mass is 9.97. The Morgan fingerprint density at radius 1 is 0.920 bits per heavy atom. The second-order valence-corrected chi connectivity index (χ2v) is 6.63. The summed E-state index contributed by atoms with van der Waals surface area (Å²) in [6.07, 6.45) is 0. The molecule has 1 heterocycles. The van der Waals surface area contributed by atoms with E-state index in [0.717, 1.165) is 22.4 Å². The van der Waals surface area contributed by atoms with E-state index in [-0.39, 0.29) is 17.9 Å². The van der Waals surface area contributed by atoms with Crippen molar-refractivity contribution < 1.29 is 9.59 Å². The summed E-state index contributed by atoms with van der Waals surface area (Å²) in [5.41, 5.74) is 4.47. The zero-order valence-electron chi connectivity index (χ0n) is 15.0. The Morgan fingerprint density at radius 2 is 1.60 bits per heavy atom. The molecule has 0 saturated carbocycles. The number of aryl methyl sites for hydroxylation is 2. The normalized spacial score (nSPS) is 14.7. The quantitative estimate of drug-likeness (QED) is 0.863. The maximum Gasteiger partial charge on any atom is 0.278 e. The highest BCUT2D eigenvalue weighted by Crippen LogP contribution is 2.33. The molecule has 4 heteroatoms. The summed E-state index contributed by atoms with van der Waals surface area (Å²) in [5, 5.41) is 3.16. The summed E-state index contributed by atoms with van der Waals surface area (Å²) in [6.45, 7) is 7.67. The molecule has 0 aromatic heterocycles. The number of anilines is 1. The van der Waals surface area contributed by atoms with Gasteiger partial charge < -0.3 is 5.32 Å². The van der Waals surface area contributed by atoms with Gasteiger partial charge in [-0.25, -0.2) is 0 Å². The summed E-state index contributed by atoms with van der Waals surface area (Å²) in [6, 6.07) is 15.2. The van der Waals surface area contributed by atoms with Crippen LogP contribution in [0.15, 0.2) is 54.2 Å². The number of imide groups is 1. The van der Waals surface area contributed by atoms with Crippen LogP contribution >= 0.6 is 0 Å². The fourth-order valence-electron chi connectivity index (χ4n) is 3.14. The lowest BCUT2D eigenvalue weighted by molar-refractivity contribution is -0.138. The summed E-state index contributed by atoms with van der Waals surface area (Å²) >= 11 is 0. The highest BCUT2D eigenvalue weighted by Gasteiger charge is 2.40. The molecule has 1 N–H and O–H groups in total. The molecule has 1 aliphatic heterocycles. The molecule has 0 saturated heterocycles. The summed E-state index contributed by atoms with van der Waals surface area (Å²) in [7, 11) is 0. The first kappa shape index (κ1) is 17.0. The summed E-state index contributed by atoms with van der Waals surface area (Å²) in [4.78, 5) is 27.2. The van der Waals surface area contributed by atoms with Gasteiger partial charge in [-0.05, 0) is 51.0 Å². The van der Waals surface area contributed by atoms with E-state index < -0.39 is 0 Å². The molecule has 2 amide bonds. The average Bonchev–Trinajstić information content (AvgIpc) is 2.79. The third kappa shape index (κ3) is 3.07. The van der Waals surface area contributed by atoms with Gasteiger partial charge in [-0.3, -0.25) is 14.5 Å². The zero-order chi connectivity index (χ0) is 18.1. The predicted molar refractivity (Wildman–Crippen MR) is 99.9 cm³/mol. The third-order valence-electron chi connectivity index (χ3n) is 4.33. The van der Waals surface area contributed by atoms with Crippen LogP contribution in [0.3, 0.4) is 0 Å². The first-order valence-corrected chi connectivity index (χ1v) is 8.42. The van der Waals surface area contributed by atoms with Crippen LogP contribution in [0.4, 0.5) is 5.69 Å². The molecule has 0 spiro atoms. The number of rotatable bonds is 4. The molecule has 0 radical (unpaired) electrons. The van der Waals surface area contributed by atoms with Gasteiger partial charge in [0.1, 0.15) is 5.70 Å². The molecule has 0 aliphatic carbocycles. The molecule has 128 valence electrons. The van der Waals surface area contributed by atoms with E-state index in [4.69, 9.17) is 0 Å². The maximum atomic E-state index is 13.0. The standard InChI is InChI=1S/C21H22N2O2/c1-13(2)23-20(24)18(17-11-10-14(3)12-15(17)4)19(21(23)25)22-16-8-6-5-7-9-16/h5-13,22H,1-4H3. The third-order valence-corrected chi connectivity index (χ3v) is 4.33. The van der Waals surface area contributed by atoms with Gasteiger partial charge >= 0.3 is 0 Å². The molecule has 25 heavy (non-hydrogen) atoms. The molecule has 0 fully saturated rings. The monoisotopic (exact) mass is 334 g/mol. The van der Waals surface area contributed by atoms with E-state index in [0.29, 0.717) is 11.3 Å². The SMILES string of the molecule is Cc1ccc(C2=C(Nc3ccccc3)C(=O)N(C(C)C)C2=O)c(C)c1. The summed E-state index contributed by atoms with van der Waals surface area (Å²) in [5.74, 6) is -0.524. The van der Waals surface area contributed by atoms with Crippen LogP contribution in [0, 0.1) is 13.8 Å². The van der Waals surface area contributed by atoms with Crippen molar-refractivity contribution in [3.05, 3.63) is 70.9 Å². The van der Waals surface area contributed by atoms with E-state index >= 15 is 0 Å². The number of hydrogen-bond donors (Lipinski definition) is 1. The number of nitrogens with zero attached hydrogens (tertiary/aromatic N) is 1. The van der Waals surface area contributed by atoms with Crippen LogP contribution in [-0.2, 0) is 9.59 Å². The van der Waals surface area contributed by atoms with E-state index in [1.807, 2.05) is 76.2 Å². The minimum atomic E-state index is -0.279. The lowest BCUT2D eigenvalue weighted by Crippen LogP contribution is -2.38. The van der Waals surface area contributed by atoms with Crippen LogP contribution < -0.4 is 5.32 Å². The number of para-hydroxylation sites is 1. The minimum absolute atomic E-state index is 0.198. The van der Waals surface area contributed by atoms with Gasteiger partial charge in [0.25, 0.3) is 11.8 Å². The fourth-order valence-corrected chi connectivity index (χ4v) is 3.14. The first-order valence-electron chi connectivity index (χ1n) is 8.42. The van der Waals surface area contributed by atoms with E-state index in [9.17, 15) is 9.59 Å². The molecular formula is C21H22N2O2. The smallest absolute Gasteiger partial charge is 0.278 e. The van der Waals surface area contributed by atoms with Gasteiger partial charge in [0, 0.05) is 11.7 Å². The Kier molecular flexibility index (Phi) is 4.45. The van der Waals surface area contributed by atoms with E-state index in [2.05, 4.69) is 5.32 Å². The lowest BCUT2D eigenvalue weighted by Gasteiger charge is -2.19. The Balaban J connectivity index is 2.15. The average molecular weight is 334 g/mol. The van der Waals surface area contributed by atoms with Crippen molar-refractivity contribution in [3.63, 3.8) is 0 Å². The largest absolute Gasteiger partial charge is 0.350 e. The van der Waals surface area contributed by atoms with Crippen molar-refractivity contribution >= 4 is 23.1 Å². The Bertz CT molecular complexity index is 867. The van der Waals surface area contributed by atoms with Gasteiger partial charge in [-0.15, -0.1) is 0 Å². The number of carbonyl (C=O) groups is 2. The molecule has 0 unspecified atom stereocenters. The van der Waals surface area contributed by atoms with Crippen molar-refractivity contribution in [1.29, 1.82) is 0 Å². The number of nitrogens with one attached hydrogen (secondary N) is 1. The van der Waals surface area contributed by atoms with Crippen molar-refractivity contribution in [2.45, 2.75) is 33.7 Å². The maximum absolute atomic E-state index is 13.0. The number of hydrogen-bond acceptors (Lipinski definition) is 3. The molecule has 1 aliphatic rings. The van der Waals surface area contributed by atoms with Crippen molar-refractivity contribution in [3.8, 4) is 0 Å². The van der Waals surface area contributed by atoms with Gasteiger partial charge in [-0.2, -0.15) is 0 Å². The molecule has 2 aromatic rings. The minimum Gasteiger partial charge on any atom is -0.350 e. The van der Waals surface area contributed by atoms with Gasteiger partial charge in [0.15, 0.2) is 0 Å². The highest BCUT2D eigenvalue weighted by atomic mass is 16.2. The van der Waals surface area contributed by atoms with Crippen LogP contribution in [-0.4, -0.2) is 22.8 Å². The second-order valence-electron chi connectivity index (χ2n) is 6.63. The topological polar surface area (TPSA) is 49.4 Å². The van der Waals surface area contributed by atoms with Crippen LogP contribution in [0.5, 0.6) is 0 Å². The van der Waals surface area contributed by atoms with Crippen LogP contribution in [0.2, 0.25) is 0 Å². The predicted octanol–water partition coefficient (Wildman–Crippen LogP) is 3.90. The first-order chi connectivity index (χ1) is 11.9. The van der Waals surface area contributed by atoms with Crippen LogP contribution in [0.1, 0.15) is 30.5 Å². The number of benzene rings is 2. The molecule has 4 nitrogen and oxygen atoms in total.